The Morgan fingerprint density at radius 1 is 1.00 bits per heavy atom. The molecule has 92 valence electrons. The Morgan fingerprint density at radius 2 is 1.59 bits per heavy atom. The summed E-state index contributed by atoms with van der Waals surface area (Å²) in [5.41, 5.74) is 2.21. The third-order valence-corrected chi connectivity index (χ3v) is 2.59. The lowest BCUT2D eigenvalue weighted by molar-refractivity contribution is 0.591. The molecule has 0 aliphatic rings. The quantitative estimate of drug-likeness (QED) is 0.734. The van der Waals surface area contributed by atoms with E-state index in [-0.39, 0.29) is 11.0 Å². The van der Waals surface area contributed by atoms with Crippen molar-refractivity contribution in [2.24, 2.45) is 0 Å². The summed E-state index contributed by atoms with van der Waals surface area (Å²) in [5, 5.41) is 1.07. The molecule has 0 aliphatic heterocycles. The van der Waals surface area contributed by atoms with E-state index < -0.39 is 0 Å². The third-order valence-electron chi connectivity index (χ3n) is 2.59. The van der Waals surface area contributed by atoms with Crippen molar-refractivity contribution in [1.29, 1.82) is 0 Å². The average Bonchev–Trinajstić information content (AvgIpc) is 2.29. The fraction of sp³-hybridized carbons (Fsp3) is 0.400. The molecule has 1 heterocycles. The number of nitrogens with one attached hydrogen (secondary N) is 1. The van der Waals surface area contributed by atoms with Gasteiger partial charge in [0.2, 0.25) is 5.56 Å². The van der Waals surface area contributed by atoms with Crippen molar-refractivity contribution in [3.05, 3.63) is 46.2 Å². The number of rotatable bonds is 0. The van der Waals surface area contributed by atoms with Gasteiger partial charge in [0.15, 0.2) is 0 Å². The molecule has 0 spiro atoms. The van der Waals surface area contributed by atoms with E-state index in [1.807, 2.05) is 26.0 Å². The largest absolute Gasteiger partial charge is 0.322 e. The van der Waals surface area contributed by atoms with Crippen LogP contribution in [0.15, 0.2) is 35.1 Å². The second-order valence-electron chi connectivity index (χ2n) is 4.87. The van der Waals surface area contributed by atoms with Crippen molar-refractivity contribution in [2.45, 2.75) is 40.0 Å². The number of H-pyrrole nitrogens is 1. The second-order valence-corrected chi connectivity index (χ2v) is 4.87. The molecule has 2 rings (SSSR count). The van der Waals surface area contributed by atoms with Crippen molar-refractivity contribution in [3.8, 4) is 0 Å². The number of hydrogen-bond donors (Lipinski definition) is 1. The van der Waals surface area contributed by atoms with Crippen LogP contribution in [-0.2, 0) is 5.41 Å². The predicted octanol–water partition coefficient (Wildman–Crippen LogP) is 3.85. The Balaban J connectivity index is 0.000000686. The molecule has 0 unspecified atom stereocenters. The maximum atomic E-state index is 11.2. The monoisotopic (exact) mass is 231 g/mol. The zero-order valence-electron chi connectivity index (χ0n) is 11.3. The molecule has 1 N–H and O–H groups in total. The lowest BCUT2D eigenvalue weighted by Crippen LogP contribution is -2.11. The maximum absolute atomic E-state index is 11.2. The lowest BCUT2D eigenvalue weighted by Gasteiger charge is -2.19. The molecule has 0 bridgehead atoms. The minimum absolute atomic E-state index is 0.0476. The van der Waals surface area contributed by atoms with E-state index in [4.69, 9.17) is 0 Å². The summed E-state index contributed by atoms with van der Waals surface area (Å²) >= 11 is 0. The van der Waals surface area contributed by atoms with Crippen molar-refractivity contribution in [2.75, 3.05) is 0 Å². The molecule has 0 amide bonds. The first-order chi connectivity index (χ1) is 7.97. The first-order valence-electron chi connectivity index (χ1n) is 6.10. The van der Waals surface area contributed by atoms with Crippen LogP contribution in [0.25, 0.3) is 10.9 Å². The van der Waals surface area contributed by atoms with Gasteiger partial charge in [-0.15, -0.1) is 0 Å². The van der Waals surface area contributed by atoms with Gasteiger partial charge in [0.05, 0.1) is 0 Å². The molecule has 0 saturated carbocycles. The Bertz CT molecular complexity index is 547. The van der Waals surface area contributed by atoms with Gasteiger partial charge in [-0.3, -0.25) is 4.79 Å². The summed E-state index contributed by atoms with van der Waals surface area (Å²) in [7, 11) is 0. The van der Waals surface area contributed by atoms with E-state index in [9.17, 15) is 4.79 Å². The first-order valence-corrected chi connectivity index (χ1v) is 6.10. The molecule has 2 aromatic rings. The Morgan fingerprint density at radius 3 is 2.18 bits per heavy atom. The molecule has 0 radical (unpaired) electrons. The van der Waals surface area contributed by atoms with Crippen LogP contribution in [0, 0.1) is 0 Å². The van der Waals surface area contributed by atoms with Crippen molar-refractivity contribution >= 4 is 10.9 Å². The minimum atomic E-state index is -0.0476. The average molecular weight is 231 g/mol. The zero-order valence-corrected chi connectivity index (χ0v) is 11.3. The number of pyridine rings is 1. The Labute approximate surface area is 103 Å². The first kappa shape index (κ1) is 13.5. The fourth-order valence-electron chi connectivity index (χ4n) is 1.62. The van der Waals surface area contributed by atoms with Gasteiger partial charge in [0.25, 0.3) is 0 Å². The van der Waals surface area contributed by atoms with E-state index >= 15 is 0 Å². The van der Waals surface area contributed by atoms with Gasteiger partial charge < -0.3 is 4.98 Å². The minimum Gasteiger partial charge on any atom is -0.322 e. The van der Waals surface area contributed by atoms with Crippen LogP contribution in [0.3, 0.4) is 0 Å². The standard InChI is InChI=1S/C13H15NO.C2H6/c1-13(2,3)10-6-4-9-5-7-12(15)14-11(9)8-10;1-2/h4-8H,1-3H3,(H,14,15);1-2H3. The van der Waals surface area contributed by atoms with Crippen LogP contribution in [0.5, 0.6) is 0 Å². The molecule has 1 aromatic carbocycles. The molecule has 0 saturated heterocycles. The van der Waals surface area contributed by atoms with Gasteiger partial charge >= 0.3 is 0 Å². The SMILES string of the molecule is CC.CC(C)(C)c1ccc2ccc(=O)[nH]c2c1. The summed E-state index contributed by atoms with van der Waals surface area (Å²) in [5.74, 6) is 0. The van der Waals surface area contributed by atoms with Crippen molar-refractivity contribution in [1.82, 2.24) is 4.98 Å². The summed E-state index contributed by atoms with van der Waals surface area (Å²) in [6.07, 6.45) is 0. The zero-order chi connectivity index (χ0) is 13.1. The number of fused-ring (bicyclic) bond motifs is 1. The summed E-state index contributed by atoms with van der Waals surface area (Å²) < 4.78 is 0. The van der Waals surface area contributed by atoms with E-state index in [2.05, 4.69) is 37.9 Å². The Kier molecular flexibility index (Phi) is 4.11. The molecule has 0 fully saturated rings. The third kappa shape index (κ3) is 3.19. The molecule has 2 heteroatoms. The van der Waals surface area contributed by atoms with Crippen molar-refractivity contribution < 1.29 is 0 Å². The normalized spacial score (nSPS) is 10.9. The van der Waals surface area contributed by atoms with E-state index in [0.29, 0.717) is 0 Å². The van der Waals surface area contributed by atoms with E-state index in [1.54, 1.807) is 6.07 Å². The number of benzene rings is 1. The van der Waals surface area contributed by atoms with Gasteiger partial charge in [-0.1, -0.05) is 46.8 Å². The molecular weight excluding hydrogens is 210 g/mol. The predicted molar refractivity (Wildman–Crippen MR) is 74.6 cm³/mol. The number of aromatic nitrogens is 1. The van der Waals surface area contributed by atoms with Crippen LogP contribution in [0.4, 0.5) is 0 Å². The molecular formula is C15H21NO. The van der Waals surface area contributed by atoms with Crippen molar-refractivity contribution in [3.63, 3.8) is 0 Å². The summed E-state index contributed by atoms with van der Waals surface area (Å²) in [6.45, 7) is 10.5. The van der Waals surface area contributed by atoms with Crippen LogP contribution in [0.1, 0.15) is 40.2 Å². The van der Waals surface area contributed by atoms with Gasteiger partial charge in [-0.05, 0) is 28.5 Å². The second kappa shape index (κ2) is 5.17. The number of aromatic amines is 1. The van der Waals surface area contributed by atoms with Crippen LogP contribution < -0.4 is 5.56 Å². The van der Waals surface area contributed by atoms with E-state index in [1.165, 1.54) is 5.56 Å². The van der Waals surface area contributed by atoms with Crippen LogP contribution >= 0.6 is 0 Å². The molecule has 0 atom stereocenters. The lowest BCUT2D eigenvalue weighted by atomic mass is 9.86. The summed E-state index contributed by atoms with van der Waals surface area (Å²) in [6, 6.07) is 9.61. The smallest absolute Gasteiger partial charge is 0.248 e. The van der Waals surface area contributed by atoms with Crippen LogP contribution in [0.2, 0.25) is 0 Å². The van der Waals surface area contributed by atoms with Crippen LogP contribution in [-0.4, -0.2) is 4.98 Å². The maximum Gasteiger partial charge on any atom is 0.248 e. The highest BCUT2D eigenvalue weighted by molar-refractivity contribution is 5.79. The molecule has 2 nitrogen and oxygen atoms in total. The molecule has 1 aromatic heterocycles. The summed E-state index contributed by atoms with van der Waals surface area (Å²) in [4.78, 5) is 14.0. The number of hydrogen-bond acceptors (Lipinski definition) is 1. The topological polar surface area (TPSA) is 32.9 Å². The highest BCUT2D eigenvalue weighted by atomic mass is 16.1. The van der Waals surface area contributed by atoms with E-state index in [0.717, 1.165) is 10.9 Å². The molecule has 17 heavy (non-hydrogen) atoms. The van der Waals surface area contributed by atoms with Gasteiger partial charge in [0.1, 0.15) is 0 Å². The molecule has 0 aliphatic carbocycles. The highest BCUT2D eigenvalue weighted by Crippen LogP contribution is 2.24. The van der Waals surface area contributed by atoms with Gasteiger partial charge in [-0.2, -0.15) is 0 Å². The van der Waals surface area contributed by atoms with Gasteiger partial charge in [-0.25, -0.2) is 0 Å². The Hall–Kier alpha value is -1.57. The highest BCUT2D eigenvalue weighted by Gasteiger charge is 2.13. The fourth-order valence-corrected chi connectivity index (χ4v) is 1.62. The van der Waals surface area contributed by atoms with Gasteiger partial charge in [0, 0.05) is 11.6 Å².